The molecule has 0 aliphatic rings. The number of amides is 2. The minimum atomic E-state index is -1.25. The maximum atomic E-state index is 12.0. The van der Waals surface area contributed by atoms with Crippen LogP contribution in [0.2, 0.25) is 0 Å². The summed E-state index contributed by atoms with van der Waals surface area (Å²) in [6.45, 7) is 2.02. The first-order valence-electron chi connectivity index (χ1n) is 7.83. The van der Waals surface area contributed by atoms with Crippen molar-refractivity contribution in [3.63, 3.8) is 0 Å². The molecule has 1 aromatic heterocycles. The summed E-state index contributed by atoms with van der Waals surface area (Å²) in [5, 5.41) is 16.1. The Morgan fingerprint density at radius 1 is 1.16 bits per heavy atom. The number of rotatable bonds is 8. The first-order chi connectivity index (χ1) is 12.0. The van der Waals surface area contributed by atoms with E-state index in [9.17, 15) is 19.5 Å². The van der Waals surface area contributed by atoms with Crippen molar-refractivity contribution in [3.8, 4) is 0 Å². The van der Waals surface area contributed by atoms with Gasteiger partial charge in [0.25, 0.3) is 5.91 Å². The fourth-order valence-electron chi connectivity index (χ4n) is 2.27. The molecule has 0 saturated carbocycles. The van der Waals surface area contributed by atoms with Crippen LogP contribution < -0.4 is 15.7 Å². The van der Waals surface area contributed by atoms with Gasteiger partial charge in [0.1, 0.15) is 0 Å². The molecule has 0 unspecified atom stereocenters. The highest BCUT2D eigenvalue weighted by Gasteiger charge is 2.15. The van der Waals surface area contributed by atoms with Crippen molar-refractivity contribution in [2.24, 2.45) is 0 Å². The molecule has 7 nitrogen and oxygen atoms in total. The van der Waals surface area contributed by atoms with Crippen molar-refractivity contribution in [2.75, 3.05) is 6.54 Å². The van der Waals surface area contributed by atoms with Crippen LogP contribution in [0.25, 0.3) is 0 Å². The average molecular weight is 343 g/mol. The maximum Gasteiger partial charge on any atom is 0.286 e. The zero-order valence-electron chi connectivity index (χ0n) is 13.8. The lowest BCUT2D eigenvalue weighted by Crippen LogP contribution is -2.36. The summed E-state index contributed by atoms with van der Waals surface area (Å²) in [4.78, 5) is 34.7. The molecular formula is C18H19N2O5-. The minimum Gasteiger partial charge on any atom is -0.550 e. The number of aryl methyl sites for hydroxylation is 1. The molecule has 0 aliphatic carbocycles. The van der Waals surface area contributed by atoms with E-state index >= 15 is 0 Å². The van der Waals surface area contributed by atoms with Gasteiger partial charge >= 0.3 is 0 Å². The van der Waals surface area contributed by atoms with Gasteiger partial charge in [0, 0.05) is 25.4 Å². The lowest BCUT2D eigenvalue weighted by molar-refractivity contribution is -0.306. The standard InChI is InChI=1S/C18H20N2O5/c1-12-4-6-13(7-5-12)14(11-17(22)23)20-16(21)8-9-19-18(24)15-3-2-10-25-15/h2-7,10,14H,8-9,11H2,1H3,(H,19,24)(H,20,21)(H,22,23)/p-1/t14-/m0/s1. The molecule has 7 heteroatoms. The second-order valence-corrected chi connectivity index (χ2v) is 5.59. The van der Waals surface area contributed by atoms with Crippen molar-refractivity contribution >= 4 is 17.8 Å². The third-order valence-corrected chi connectivity index (χ3v) is 3.57. The Morgan fingerprint density at radius 3 is 2.48 bits per heavy atom. The molecule has 25 heavy (non-hydrogen) atoms. The summed E-state index contributed by atoms with van der Waals surface area (Å²) in [6.07, 6.45) is 1.07. The van der Waals surface area contributed by atoms with Gasteiger partial charge in [-0.3, -0.25) is 9.59 Å². The Balaban J connectivity index is 1.87. The van der Waals surface area contributed by atoms with Crippen LogP contribution in [-0.2, 0) is 9.59 Å². The van der Waals surface area contributed by atoms with E-state index in [-0.39, 0.29) is 31.1 Å². The number of benzene rings is 1. The number of aliphatic carboxylic acids is 1. The third kappa shape index (κ3) is 5.80. The van der Waals surface area contributed by atoms with Crippen molar-refractivity contribution in [2.45, 2.75) is 25.8 Å². The van der Waals surface area contributed by atoms with E-state index in [1.165, 1.54) is 12.3 Å². The fourth-order valence-corrected chi connectivity index (χ4v) is 2.27. The molecule has 0 radical (unpaired) electrons. The zero-order valence-corrected chi connectivity index (χ0v) is 13.8. The largest absolute Gasteiger partial charge is 0.550 e. The number of carboxylic acid groups (broad SMARTS) is 1. The van der Waals surface area contributed by atoms with Crippen LogP contribution in [0.4, 0.5) is 0 Å². The van der Waals surface area contributed by atoms with Gasteiger partial charge in [-0.2, -0.15) is 0 Å². The van der Waals surface area contributed by atoms with Gasteiger partial charge in [-0.05, 0) is 24.6 Å². The molecule has 1 atom stereocenters. The van der Waals surface area contributed by atoms with Crippen molar-refractivity contribution in [3.05, 3.63) is 59.5 Å². The van der Waals surface area contributed by atoms with Gasteiger partial charge in [0.15, 0.2) is 5.76 Å². The summed E-state index contributed by atoms with van der Waals surface area (Å²) < 4.78 is 4.94. The molecule has 1 aromatic carbocycles. The lowest BCUT2D eigenvalue weighted by Gasteiger charge is -2.20. The van der Waals surface area contributed by atoms with Crippen LogP contribution in [-0.4, -0.2) is 24.3 Å². The minimum absolute atomic E-state index is 0.0157. The fraction of sp³-hybridized carbons (Fsp3) is 0.278. The van der Waals surface area contributed by atoms with Crippen LogP contribution in [0.3, 0.4) is 0 Å². The van der Waals surface area contributed by atoms with E-state index < -0.39 is 17.9 Å². The van der Waals surface area contributed by atoms with Gasteiger partial charge < -0.3 is 25.0 Å². The zero-order chi connectivity index (χ0) is 18.2. The Bertz CT molecular complexity index is 722. The Kier molecular flexibility index (Phi) is 6.33. The van der Waals surface area contributed by atoms with E-state index in [0.717, 1.165) is 5.56 Å². The van der Waals surface area contributed by atoms with Crippen molar-refractivity contribution in [1.29, 1.82) is 0 Å². The summed E-state index contributed by atoms with van der Waals surface area (Å²) in [7, 11) is 0. The SMILES string of the molecule is Cc1ccc([C@H](CC(=O)[O-])NC(=O)CCNC(=O)c2ccco2)cc1. The molecule has 2 N–H and O–H groups in total. The molecule has 0 spiro atoms. The highest BCUT2D eigenvalue weighted by atomic mass is 16.4. The smallest absolute Gasteiger partial charge is 0.286 e. The van der Waals surface area contributed by atoms with Gasteiger partial charge in [-0.1, -0.05) is 29.8 Å². The predicted octanol–water partition coefficient (Wildman–Crippen LogP) is 0.705. The van der Waals surface area contributed by atoms with Gasteiger partial charge in [-0.15, -0.1) is 0 Å². The lowest BCUT2D eigenvalue weighted by atomic mass is 10.0. The molecule has 0 aliphatic heterocycles. The summed E-state index contributed by atoms with van der Waals surface area (Å²) in [6, 6.07) is 9.64. The van der Waals surface area contributed by atoms with Crippen LogP contribution in [0.5, 0.6) is 0 Å². The number of furan rings is 1. The van der Waals surface area contributed by atoms with E-state index in [0.29, 0.717) is 5.56 Å². The van der Waals surface area contributed by atoms with Crippen molar-refractivity contribution in [1.82, 2.24) is 10.6 Å². The highest BCUT2D eigenvalue weighted by molar-refractivity contribution is 5.91. The molecule has 1 heterocycles. The van der Waals surface area contributed by atoms with Crippen LogP contribution >= 0.6 is 0 Å². The van der Waals surface area contributed by atoms with Crippen LogP contribution in [0.1, 0.15) is 40.6 Å². The summed E-state index contributed by atoms with van der Waals surface area (Å²) in [5.74, 6) is -1.87. The number of nitrogens with one attached hydrogen (secondary N) is 2. The van der Waals surface area contributed by atoms with E-state index in [1.807, 2.05) is 19.1 Å². The molecular weight excluding hydrogens is 324 g/mol. The second-order valence-electron chi connectivity index (χ2n) is 5.59. The Morgan fingerprint density at radius 2 is 1.88 bits per heavy atom. The van der Waals surface area contributed by atoms with E-state index in [1.54, 1.807) is 18.2 Å². The number of hydrogen-bond acceptors (Lipinski definition) is 5. The normalized spacial score (nSPS) is 11.6. The molecule has 0 fully saturated rings. The summed E-state index contributed by atoms with van der Waals surface area (Å²) in [5.41, 5.74) is 1.71. The third-order valence-electron chi connectivity index (χ3n) is 3.57. The van der Waals surface area contributed by atoms with Crippen LogP contribution in [0.15, 0.2) is 47.1 Å². The average Bonchev–Trinajstić information content (AvgIpc) is 3.09. The van der Waals surface area contributed by atoms with E-state index in [4.69, 9.17) is 4.42 Å². The van der Waals surface area contributed by atoms with Crippen LogP contribution in [0, 0.1) is 6.92 Å². The number of carboxylic acids is 1. The summed E-state index contributed by atoms with van der Waals surface area (Å²) >= 11 is 0. The first kappa shape index (κ1) is 18.3. The predicted molar refractivity (Wildman–Crippen MR) is 87.3 cm³/mol. The highest BCUT2D eigenvalue weighted by Crippen LogP contribution is 2.17. The van der Waals surface area contributed by atoms with Gasteiger partial charge in [-0.25, -0.2) is 0 Å². The molecule has 0 bridgehead atoms. The van der Waals surface area contributed by atoms with Crippen molar-refractivity contribution < 1.29 is 23.9 Å². The second kappa shape index (κ2) is 8.68. The number of carbonyl (C=O) groups excluding carboxylic acids is 3. The Labute approximate surface area is 145 Å². The first-order valence-corrected chi connectivity index (χ1v) is 7.83. The molecule has 132 valence electrons. The Hall–Kier alpha value is -3.09. The number of carbonyl (C=O) groups is 3. The monoisotopic (exact) mass is 343 g/mol. The molecule has 2 rings (SSSR count). The maximum absolute atomic E-state index is 12.0. The molecule has 0 saturated heterocycles. The van der Waals surface area contributed by atoms with Gasteiger partial charge in [0.05, 0.1) is 12.3 Å². The van der Waals surface area contributed by atoms with Gasteiger partial charge in [0.2, 0.25) is 5.91 Å². The quantitative estimate of drug-likeness (QED) is 0.733. The molecule has 2 aromatic rings. The number of hydrogen-bond donors (Lipinski definition) is 2. The topological polar surface area (TPSA) is 111 Å². The van der Waals surface area contributed by atoms with E-state index in [2.05, 4.69) is 10.6 Å². The molecule has 2 amide bonds.